The number of aromatic nitrogens is 1. The molecule has 0 aliphatic carbocycles. The Balaban J connectivity index is 1.61. The van der Waals surface area contributed by atoms with E-state index in [0.29, 0.717) is 31.3 Å². The van der Waals surface area contributed by atoms with Gasteiger partial charge in [0.15, 0.2) is 6.61 Å². The number of rotatable bonds is 11. The molecule has 1 heterocycles. The minimum atomic E-state index is -0.377. The fraction of sp³-hybridized carbons (Fsp3) is 0.360. The highest BCUT2D eigenvalue weighted by atomic mass is 16.6. The van der Waals surface area contributed by atoms with Crippen LogP contribution in [0.25, 0.3) is 11.5 Å². The number of hydrogen-bond acceptors (Lipinski definition) is 6. The maximum atomic E-state index is 11.5. The number of oxazole rings is 1. The van der Waals surface area contributed by atoms with Crippen LogP contribution in [-0.4, -0.2) is 30.8 Å². The number of aryl methyl sites for hydroxylation is 2. The van der Waals surface area contributed by atoms with E-state index in [2.05, 4.69) is 11.9 Å². The summed E-state index contributed by atoms with van der Waals surface area (Å²) >= 11 is 0. The van der Waals surface area contributed by atoms with Gasteiger partial charge in [-0.3, -0.25) is 0 Å². The SMILES string of the molecule is CCCc1cc(OCC(=O)OCC)ccc1OCCc1nc(-c2ccccc2)oc1C. The van der Waals surface area contributed by atoms with Crippen molar-refractivity contribution in [1.29, 1.82) is 0 Å². The Hall–Kier alpha value is -3.28. The molecule has 0 amide bonds. The molecule has 0 unspecified atom stereocenters. The Morgan fingerprint density at radius 1 is 1.03 bits per heavy atom. The minimum absolute atomic E-state index is 0.102. The molecule has 0 aliphatic heterocycles. The second kappa shape index (κ2) is 11.2. The average molecular weight is 424 g/mol. The van der Waals surface area contributed by atoms with Gasteiger partial charge in [-0.15, -0.1) is 0 Å². The topological polar surface area (TPSA) is 70.8 Å². The quantitative estimate of drug-likeness (QED) is 0.397. The van der Waals surface area contributed by atoms with E-state index >= 15 is 0 Å². The highest BCUT2D eigenvalue weighted by molar-refractivity contribution is 5.71. The van der Waals surface area contributed by atoms with E-state index in [1.165, 1.54) is 0 Å². The van der Waals surface area contributed by atoms with Crippen LogP contribution in [0.3, 0.4) is 0 Å². The lowest BCUT2D eigenvalue weighted by Gasteiger charge is -2.13. The number of ether oxygens (including phenoxy) is 3. The first-order valence-electron chi connectivity index (χ1n) is 10.7. The number of hydrogen-bond donors (Lipinski definition) is 0. The third-order valence-electron chi connectivity index (χ3n) is 4.72. The molecule has 0 atom stereocenters. The number of nitrogens with zero attached hydrogens (tertiary/aromatic N) is 1. The number of carbonyl (C=O) groups is 1. The summed E-state index contributed by atoms with van der Waals surface area (Å²) < 4.78 is 22.3. The first-order chi connectivity index (χ1) is 15.1. The third kappa shape index (κ3) is 6.35. The Morgan fingerprint density at radius 2 is 1.84 bits per heavy atom. The minimum Gasteiger partial charge on any atom is -0.493 e. The Morgan fingerprint density at radius 3 is 2.58 bits per heavy atom. The van der Waals surface area contributed by atoms with Crippen molar-refractivity contribution in [3.8, 4) is 23.0 Å². The first-order valence-corrected chi connectivity index (χ1v) is 10.7. The van der Waals surface area contributed by atoms with Crippen LogP contribution >= 0.6 is 0 Å². The summed E-state index contributed by atoms with van der Waals surface area (Å²) in [5.41, 5.74) is 2.90. The van der Waals surface area contributed by atoms with E-state index in [-0.39, 0.29) is 12.6 Å². The summed E-state index contributed by atoms with van der Waals surface area (Å²) in [4.78, 5) is 16.1. The van der Waals surface area contributed by atoms with Gasteiger partial charge in [-0.1, -0.05) is 31.5 Å². The Bertz CT molecular complexity index is 981. The molecule has 6 heteroatoms. The fourth-order valence-electron chi connectivity index (χ4n) is 3.22. The predicted molar refractivity (Wildman–Crippen MR) is 118 cm³/mol. The van der Waals surface area contributed by atoms with Crippen molar-refractivity contribution in [3.63, 3.8) is 0 Å². The summed E-state index contributed by atoms with van der Waals surface area (Å²) in [6, 6.07) is 15.5. The molecule has 0 spiro atoms. The number of benzene rings is 2. The highest BCUT2D eigenvalue weighted by Crippen LogP contribution is 2.27. The van der Waals surface area contributed by atoms with Gasteiger partial charge in [0.05, 0.1) is 18.9 Å². The summed E-state index contributed by atoms with van der Waals surface area (Å²) in [7, 11) is 0. The fourth-order valence-corrected chi connectivity index (χ4v) is 3.22. The molecular formula is C25H29NO5. The molecule has 3 rings (SSSR count). The molecule has 164 valence electrons. The molecule has 0 saturated carbocycles. The molecule has 0 aliphatic rings. The van der Waals surface area contributed by atoms with Crippen molar-refractivity contribution < 1.29 is 23.4 Å². The van der Waals surface area contributed by atoms with E-state index < -0.39 is 0 Å². The maximum absolute atomic E-state index is 11.5. The zero-order chi connectivity index (χ0) is 22.1. The van der Waals surface area contributed by atoms with Crippen LogP contribution in [0.2, 0.25) is 0 Å². The number of esters is 1. The molecule has 1 aromatic heterocycles. The van der Waals surface area contributed by atoms with E-state index in [4.69, 9.17) is 18.6 Å². The second-order valence-corrected chi connectivity index (χ2v) is 7.10. The zero-order valence-electron chi connectivity index (χ0n) is 18.3. The van der Waals surface area contributed by atoms with Gasteiger partial charge in [0.1, 0.15) is 17.3 Å². The van der Waals surface area contributed by atoms with Crippen molar-refractivity contribution in [2.45, 2.75) is 40.0 Å². The average Bonchev–Trinajstić information content (AvgIpc) is 3.15. The third-order valence-corrected chi connectivity index (χ3v) is 4.72. The molecule has 0 radical (unpaired) electrons. The van der Waals surface area contributed by atoms with Gasteiger partial charge >= 0.3 is 5.97 Å². The van der Waals surface area contributed by atoms with E-state index in [1.54, 1.807) is 6.92 Å². The largest absolute Gasteiger partial charge is 0.493 e. The van der Waals surface area contributed by atoms with Crippen LogP contribution in [0.4, 0.5) is 0 Å². The molecule has 3 aromatic rings. The predicted octanol–water partition coefficient (Wildman–Crippen LogP) is 5.17. The molecule has 31 heavy (non-hydrogen) atoms. The Labute approximate surface area is 183 Å². The van der Waals surface area contributed by atoms with Crippen molar-refractivity contribution in [3.05, 3.63) is 65.5 Å². The smallest absolute Gasteiger partial charge is 0.344 e. The molecule has 0 N–H and O–H groups in total. The van der Waals surface area contributed by atoms with Gasteiger partial charge in [0, 0.05) is 12.0 Å². The molecule has 0 fully saturated rings. The van der Waals surface area contributed by atoms with Gasteiger partial charge in [-0.25, -0.2) is 9.78 Å². The molecule has 0 saturated heterocycles. The summed E-state index contributed by atoms with van der Waals surface area (Å²) in [6.07, 6.45) is 2.47. The molecule has 6 nitrogen and oxygen atoms in total. The Kier molecular flexibility index (Phi) is 8.10. The first kappa shape index (κ1) is 22.4. The standard InChI is InChI=1S/C25H29NO5/c1-4-9-20-16-21(30-17-24(27)28-5-2)12-13-23(20)29-15-14-22-18(3)31-25(26-22)19-10-7-6-8-11-19/h6-8,10-13,16H,4-5,9,14-15,17H2,1-3H3. The van der Waals surface area contributed by atoms with Crippen LogP contribution in [-0.2, 0) is 22.4 Å². The number of carbonyl (C=O) groups excluding carboxylic acids is 1. The van der Waals surface area contributed by atoms with Crippen LogP contribution in [0.15, 0.2) is 52.9 Å². The summed E-state index contributed by atoms with van der Waals surface area (Å²) in [6.45, 7) is 6.53. The van der Waals surface area contributed by atoms with Crippen LogP contribution in [0, 0.1) is 6.92 Å². The van der Waals surface area contributed by atoms with Gasteiger partial charge < -0.3 is 18.6 Å². The van der Waals surface area contributed by atoms with E-state index in [0.717, 1.165) is 41.2 Å². The molecule has 0 bridgehead atoms. The summed E-state index contributed by atoms with van der Waals surface area (Å²) in [5, 5.41) is 0. The van der Waals surface area contributed by atoms with Crippen LogP contribution in [0.5, 0.6) is 11.5 Å². The lowest BCUT2D eigenvalue weighted by Crippen LogP contribution is -2.14. The second-order valence-electron chi connectivity index (χ2n) is 7.10. The van der Waals surface area contributed by atoms with Gasteiger partial charge in [0.2, 0.25) is 5.89 Å². The zero-order valence-corrected chi connectivity index (χ0v) is 18.3. The normalized spacial score (nSPS) is 10.7. The van der Waals surface area contributed by atoms with Crippen molar-refractivity contribution in [2.24, 2.45) is 0 Å². The van der Waals surface area contributed by atoms with E-state index in [9.17, 15) is 4.79 Å². The van der Waals surface area contributed by atoms with Crippen molar-refractivity contribution in [1.82, 2.24) is 4.98 Å². The lowest BCUT2D eigenvalue weighted by molar-refractivity contribution is -0.145. The van der Waals surface area contributed by atoms with E-state index in [1.807, 2.05) is 55.5 Å². The van der Waals surface area contributed by atoms with Crippen LogP contribution in [0.1, 0.15) is 37.3 Å². The van der Waals surface area contributed by atoms with Crippen molar-refractivity contribution >= 4 is 5.97 Å². The molecular weight excluding hydrogens is 394 g/mol. The monoisotopic (exact) mass is 423 g/mol. The van der Waals surface area contributed by atoms with Crippen molar-refractivity contribution in [2.75, 3.05) is 19.8 Å². The van der Waals surface area contributed by atoms with Gasteiger partial charge in [0.25, 0.3) is 0 Å². The molecule has 2 aromatic carbocycles. The lowest BCUT2D eigenvalue weighted by atomic mass is 10.1. The maximum Gasteiger partial charge on any atom is 0.344 e. The van der Waals surface area contributed by atoms with Crippen LogP contribution < -0.4 is 9.47 Å². The van der Waals surface area contributed by atoms with Gasteiger partial charge in [-0.05, 0) is 56.2 Å². The van der Waals surface area contributed by atoms with Gasteiger partial charge in [-0.2, -0.15) is 0 Å². The highest BCUT2D eigenvalue weighted by Gasteiger charge is 2.12. The summed E-state index contributed by atoms with van der Waals surface area (Å²) in [5.74, 6) is 2.50.